The van der Waals surface area contributed by atoms with Crippen molar-refractivity contribution in [3.63, 3.8) is 0 Å². The van der Waals surface area contributed by atoms with E-state index in [1.165, 1.54) is 211 Å². The van der Waals surface area contributed by atoms with Crippen LogP contribution in [0.3, 0.4) is 0 Å². The van der Waals surface area contributed by atoms with E-state index in [0.717, 1.165) is 25.7 Å². The molecule has 2 aliphatic rings. The summed E-state index contributed by atoms with van der Waals surface area (Å²) in [5, 5.41) is 2.88. The van der Waals surface area contributed by atoms with E-state index in [0.29, 0.717) is 23.7 Å². The summed E-state index contributed by atoms with van der Waals surface area (Å²) in [6.45, 7) is 23.6. The summed E-state index contributed by atoms with van der Waals surface area (Å²) >= 11 is 4.02. The summed E-state index contributed by atoms with van der Waals surface area (Å²) < 4.78 is 0. The monoisotopic (exact) mass is 1100 g/mol. The summed E-state index contributed by atoms with van der Waals surface area (Å²) in [7, 11) is 0. The van der Waals surface area contributed by atoms with Crippen molar-refractivity contribution in [3.05, 3.63) is 210 Å². The van der Waals surface area contributed by atoms with Crippen LogP contribution in [0, 0.1) is 37.5 Å². The number of benzene rings is 6. The van der Waals surface area contributed by atoms with Crippen molar-refractivity contribution in [1.82, 2.24) is 0 Å². The van der Waals surface area contributed by atoms with Crippen LogP contribution in [0.5, 0.6) is 0 Å². The van der Waals surface area contributed by atoms with E-state index in [4.69, 9.17) is 0 Å². The fourth-order valence-corrected chi connectivity index (χ4v) is 17.2. The van der Waals surface area contributed by atoms with Crippen LogP contribution in [0.1, 0.15) is 235 Å². The topological polar surface area (TPSA) is 0 Å². The Hall–Kier alpha value is -5.02. The van der Waals surface area contributed by atoms with E-state index in [-0.39, 0.29) is 0 Å². The van der Waals surface area contributed by atoms with E-state index >= 15 is 0 Å². The molecule has 420 valence electrons. The molecule has 4 unspecified atom stereocenters. The zero-order valence-electron chi connectivity index (χ0n) is 51.0. The zero-order chi connectivity index (χ0) is 56.0. The minimum atomic E-state index is -0.529. The van der Waals surface area contributed by atoms with Crippen molar-refractivity contribution in [2.24, 2.45) is 23.7 Å². The molecule has 80 heavy (non-hydrogen) atoms. The van der Waals surface area contributed by atoms with E-state index < -0.39 is 10.8 Å². The highest BCUT2D eigenvalue weighted by atomic mass is 32.1. The SMILES string of the molecule is CCCCC(CC)Cc1ccc(C2(c3ccc(CC(CC)CCCC)cc3)c3cc(C)sc3-c3ccc4c5c(ccc2c35)-c2sc(C)cc2C4(c2ccc(CC(CC)CCCC)cc2)c2ccc(CC(CC)CCCC)cc2)cc1. The standard InChI is InChI=1S/C78H96S2/c1-11-19-23-55(15-5)49-59-27-35-63(36-28-59)77(64-37-29-60(30-38-64)50-56(16-6)24-20-12-2)69-45-43-68-74-70(46-44-67(73(69)74)75-71(77)47-53(9)79-75)78(72-48-54(10)80-76(68)72,65-39-31-61(32-40-65)51-57(17-7)25-21-13-3)66-41-33-62(34-42-66)52-58(18-8)26-22-14-4/h27-48,55-58H,11-26,49-52H2,1-10H3. The third-order valence-corrected chi connectivity index (χ3v) is 22.0. The maximum Gasteiger partial charge on any atom is 0.0722 e. The molecule has 2 aliphatic carbocycles. The van der Waals surface area contributed by atoms with Crippen LogP contribution in [-0.2, 0) is 36.5 Å². The maximum absolute atomic E-state index is 2.60. The predicted octanol–water partition coefficient (Wildman–Crippen LogP) is 23.3. The first kappa shape index (κ1) is 58.2. The van der Waals surface area contributed by atoms with Crippen molar-refractivity contribution in [2.75, 3.05) is 0 Å². The van der Waals surface area contributed by atoms with Crippen molar-refractivity contribution >= 4 is 33.4 Å². The fourth-order valence-electron chi connectivity index (χ4n) is 15.0. The molecule has 0 bridgehead atoms. The van der Waals surface area contributed by atoms with E-state index in [1.54, 1.807) is 0 Å². The van der Waals surface area contributed by atoms with Crippen LogP contribution in [0.15, 0.2) is 133 Å². The Balaban J connectivity index is 1.24. The van der Waals surface area contributed by atoms with Gasteiger partial charge in [-0.1, -0.05) is 279 Å². The van der Waals surface area contributed by atoms with Crippen molar-refractivity contribution in [1.29, 1.82) is 0 Å². The highest BCUT2D eigenvalue weighted by molar-refractivity contribution is 7.16. The van der Waals surface area contributed by atoms with E-state index in [1.807, 2.05) is 22.7 Å². The molecule has 8 aromatic rings. The normalized spacial score (nSPS) is 17.8. The average Bonchev–Trinajstić information content (AvgIpc) is 4.15. The highest BCUT2D eigenvalue weighted by Gasteiger charge is 2.50. The summed E-state index contributed by atoms with van der Waals surface area (Å²) in [4.78, 5) is 5.61. The van der Waals surface area contributed by atoms with Crippen LogP contribution in [0.2, 0.25) is 0 Å². The van der Waals surface area contributed by atoms with E-state index in [9.17, 15) is 0 Å². The second kappa shape index (κ2) is 26.1. The third kappa shape index (κ3) is 11.1. The maximum atomic E-state index is 2.60. The Bertz CT molecular complexity index is 2940. The fraction of sp³-hybridized carbons (Fsp3) is 0.462. The van der Waals surface area contributed by atoms with Crippen LogP contribution in [0.25, 0.3) is 31.7 Å². The summed E-state index contributed by atoms with van der Waals surface area (Å²) in [6.07, 6.45) is 25.0. The Morgan fingerprint density at radius 1 is 0.325 bits per heavy atom. The zero-order valence-corrected chi connectivity index (χ0v) is 52.6. The van der Waals surface area contributed by atoms with Gasteiger partial charge in [0.05, 0.1) is 10.8 Å². The first-order chi connectivity index (χ1) is 39.1. The lowest BCUT2D eigenvalue weighted by Gasteiger charge is -2.44. The molecule has 4 atom stereocenters. The Morgan fingerprint density at radius 2 is 0.588 bits per heavy atom. The van der Waals surface area contributed by atoms with Gasteiger partial charge >= 0.3 is 0 Å². The second-order valence-electron chi connectivity index (χ2n) is 25.0. The van der Waals surface area contributed by atoms with Gasteiger partial charge in [-0.2, -0.15) is 0 Å². The van der Waals surface area contributed by atoms with Crippen LogP contribution < -0.4 is 0 Å². The number of unbranched alkanes of at least 4 members (excludes halogenated alkanes) is 4. The molecular formula is C78H96S2. The smallest absolute Gasteiger partial charge is 0.0722 e. The van der Waals surface area contributed by atoms with Gasteiger partial charge in [0.2, 0.25) is 0 Å². The lowest BCUT2D eigenvalue weighted by molar-refractivity contribution is 0.449. The highest BCUT2D eigenvalue weighted by Crippen LogP contribution is 2.64. The molecule has 2 heterocycles. The van der Waals surface area contributed by atoms with Gasteiger partial charge in [0, 0.05) is 30.6 Å². The quantitative estimate of drug-likeness (QED) is 0.0459. The minimum Gasteiger partial charge on any atom is -0.140 e. The summed E-state index contributed by atoms with van der Waals surface area (Å²) in [5.74, 6) is 2.86. The van der Waals surface area contributed by atoms with Crippen LogP contribution >= 0.6 is 22.7 Å². The van der Waals surface area contributed by atoms with Gasteiger partial charge in [-0.25, -0.2) is 0 Å². The van der Waals surface area contributed by atoms with Gasteiger partial charge in [0.25, 0.3) is 0 Å². The molecule has 2 heteroatoms. The Morgan fingerprint density at radius 3 is 0.825 bits per heavy atom. The largest absolute Gasteiger partial charge is 0.140 e. The van der Waals surface area contributed by atoms with Gasteiger partial charge in [-0.05, 0) is 153 Å². The second-order valence-corrected chi connectivity index (χ2v) is 27.6. The first-order valence-corrected chi connectivity index (χ1v) is 33.9. The lowest BCUT2D eigenvalue weighted by Crippen LogP contribution is -2.36. The lowest BCUT2D eigenvalue weighted by atomic mass is 9.57. The molecule has 0 aliphatic heterocycles. The van der Waals surface area contributed by atoms with Crippen molar-refractivity contribution in [2.45, 2.75) is 208 Å². The molecule has 0 saturated carbocycles. The predicted molar refractivity (Wildman–Crippen MR) is 352 cm³/mol. The molecule has 10 rings (SSSR count). The molecule has 2 aromatic heterocycles. The number of hydrogen-bond acceptors (Lipinski definition) is 2. The molecule has 0 radical (unpaired) electrons. The van der Waals surface area contributed by atoms with Gasteiger partial charge in [-0.15, -0.1) is 22.7 Å². The number of aryl methyl sites for hydroxylation is 2. The molecular weight excluding hydrogens is 1000 g/mol. The number of thiophene rings is 2. The minimum absolute atomic E-state index is 0.529. The summed E-state index contributed by atoms with van der Waals surface area (Å²) in [6, 6.07) is 56.0. The van der Waals surface area contributed by atoms with Gasteiger partial charge < -0.3 is 0 Å². The van der Waals surface area contributed by atoms with Crippen molar-refractivity contribution < 1.29 is 0 Å². The van der Waals surface area contributed by atoms with Crippen LogP contribution in [0.4, 0.5) is 0 Å². The van der Waals surface area contributed by atoms with Gasteiger partial charge in [-0.3, -0.25) is 0 Å². The molecule has 0 saturated heterocycles. The molecule has 0 amide bonds. The number of rotatable bonds is 28. The van der Waals surface area contributed by atoms with Gasteiger partial charge in [0.1, 0.15) is 0 Å². The molecule has 0 spiro atoms. The number of hydrogen-bond donors (Lipinski definition) is 0. The van der Waals surface area contributed by atoms with Crippen molar-refractivity contribution in [3.8, 4) is 20.9 Å². The summed E-state index contributed by atoms with van der Waals surface area (Å²) in [5.41, 5.74) is 18.9. The third-order valence-electron chi connectivity index (χ3n) is 19.8. The molecule has 6 aromatic carbocycles. The number of fused-ring (bicyclic) bond motifs is 4. The molecule has 0 fully saturated rings. The van der Waals surface area contributed by atoms with Crippen LogP contribution in [-0.4, -0.2) is 0 Å². The first-order valence-electron chi connectivity index (χ1n) is 32.3. The Labute approximate surface area is 493 Å². The van der Waals surface area contributed by atoms with E-state index in [2.05, 4.69) is 203 Å². The molecule has 0 N–H and O–H groups in total. The molecule has 0 nitrogen and oxygen atoms in total. The Kier molecular flexibility index (Phi) is 18.9. The van der Waals surface area contributed by atoms with Gasteiger partial charge in [0.15, 0.2) is 0 Å². The average molecular weight is 1100 g/mol.